The van der Waals surface area contributed by atoms with Gasteiger partial charge in [0.05, 0.1) is 12.1 Å². The van der Waals surface area contributed by atoms with Crippen LogP contribution in [0.25, 0.3) is 0 Å². The molecule has 10 heteroatoms. The first-order valence-electron chi connectivity index (χ1n) is 16.6. The third-order valence-corrected chi connectivity index (χ3v) is 7.51. The standard InChI is InChI=1S/C36H55N5O5/c1-8-11-19-41(38-33(43)20-26(4)5)25-32(42)31(21-27-15-13-12-14-16-27)37-34(44)28-22-29(35(45)39(6)7)24-30(23-28)36(46)40(17-9-2)18-10-3/h12-16,22-24,26,31-32,42H,8-11,17-21,25H2,1-7H3,(H,37,44)(H,38,43). The molecule has 0 saturated carbocycles. The Hall–Kier alpha value is -3.76. The Morgan fingerprint density at radius 1 is 0.804 bits per heavy atom. The summed E-state index contributed by atoms with van der Waals surface area (Å²) < 4.78 is 0. The lowest BCUT2D eigenvalue weighted by atomic mass is 9.99. The van der Waals surface area contributed by atoms with Crippen LogP contribution in [-0.2, 0) is 11.2 Å². The van der Waals surface area contributed by atoms with Gasteiger partial charge < -0.3 is 20.2 Å². The minimum Gasteiger partial charge on any atom is -0.390 e. The highest BCUT2D eigenvalue weighted by Crippen LogP contribution is 2.17. The summed E-state index contributed by atoms with van der Waals surface area (Å²) in [4.78, 5) is 56.3. The number of hydrogen-bond acceptors (Lipinski definition) is 6. The lowest BCUT2D eigenvalue weighted by Crippen LogP contribution is -2.53. The van der Waals surface area contributed by atoms with Gasteiger partial charge in [0.15, 0.2) is 0 Å². The number of rotatable bonds is 19. The predicted molar refractivity (Wildman–Crippen MR) is 182 cm³/mol. The molecule has 46 heavy (non-hydrogen) atoms. The Kier molecular flexibility index (Phi) is 16.4. The van der Waals surface area contributed by atoms with Crippen LogP contribution in [-0.4, -0.2) is 96.0 Å². The lowest BCUT2D eigenvalue weighted by Gasteiger charge is -2.31. The third kappa shape index (κ3) is 12.6. The summed E-state index contributed by atoms with van der Waals surface area (Å²) in [5, 5.41) is 16.3. The van der Waals surface area contributed by atoms with Crippen LogP contribution in [0.15, 0.2) is 48.5 Å². The van der Waals surface area contributed by atoms with Crippen LogP contribution < -0.4 is 10.7 Å². The van der Waals surface area contributed by atoms with Crippen LogP contribution in [0.3, 0.4) is 0 Å². The fraction of sp³-hybridized carbons (Fsp3) is 0.556. The van der Waals surface area contributed by atoms with Crippen LogP contribution >= 0.6 is 0 Å². The minimum absolute atomic E-state index is 0.105. The SMILES string of the molecule is CCCCN(CC(O)C(Cc1ccccc1)NC(=O)c1cc(C(=O)N(C)C)cc(C(=O)N(CCC)CCC)c1)NC(=O)CC(C)C. The Morgan fingerprint density at radius 3 is 1.93 bits per heavy atom. The molecule has 0 aliphatic rings. The number of hydrazine groups is 1. The van der Waals surface area contributed by atoms with Gasteiger partial charge in [-0.3, -0.25) is 24.6 Å². The number of nitrogens with zero attached hydrogens (tertiary/aromatic N) is 3. The molecule has 3 N–H and O–H groups in total. The van der Waals surface area contributed by atoms with Gasteiger partial charge in [-0.1, -0.05) is 71.4 Å². The van der Waals surface area contributed by atoms with E-state index in [1.807, 2.05) is 58.0 Å². The first kappa shape index (κ1) is 38.4. The molecule has 0 saturated heterocycles. The maximum Gasteiger partial charge on any atom is 0.253 e. The quantitative estimate of drug-likeness (QED) is 0.195. The molecule has 2 rings (SSSR count). The largest absolute Gasteiger partial charge is 0.390 e. The smallest absolute Gasteiger partial charge is 0.253 e. The normalized spacial score (nSPS) is 12.5. The monoisotopic (exact) mass is 637 g/mol. The molecule has 10 nitrogen and oxygen atoms in total. The Bertz CT molecular complexity index is 1260. The first-order valence-corrected chi connectivity index (χ1v) is 16.6. The number of aliphatic hydroxyl groups is 1. The van der Waals surface area contributed by atoms with Crippen molar-refractivity contribution in [2.24, 2.45) is 5.92 Å². The minimum atomic E-state index is -1.04. The van der Waals surface area contributed by atoms with Crippen LogP contribution in [0, 0.1) is 5.92 Å². The molecule has 0 spiro atoms. The van der Waals surface area contributed by atoms with E-state index in [1.165, 1.54) is 17.0 Å². The van der Waals surface area contributed by atoms with Gasteiger partial charge in [-0.05, 0) is 55.4 Å². The zero-order chi connectivity index (χ0) is 34.2. The van der Waals surface area contributed by atoms with Gasteiger partial charge in [0.25, 0.3) is 17.7 Å². The van der Waals surface area contributed by atoms with Crippen molar-refractivity contribution < 1.29 is 24.3 Å². The van der Waals surface area contributed by atoms with E-state index in [0.717, 1.165) is 31.2 Å². The molecule has 2 atom stereocenters. The van der Waals surface area contributed by atoms with Crippen molar-refractivity contribution in [3.05, 3.63) is 70.8 Å². The molecule has 0 fully saturated rings. The molecule has 0 radical (unpaired) electrons. The van der Waals surface area contributed by atoms with Gasteiger partial charge in [-0.15, -0.1) is 0 Å². The number of benzene rings is 2. The number of carbonyl (C=O) groups excluding carboxylic acids is 4. The molecule has 2 aromatic carbocycles. The summed E-state index contributed by atoms with van der Waals surface area (Å²) >= 11 is 0. The van der Waals surface area contributed by atoms with E-state index >= 15 is 0 Å². The van der Waals surface area contributed by atoms with Gasteiger partial charge >= 0.3 is 0 Å². The number of nitrogens with one attached hydrogen (secondary N) is 2. The molecule has 0 aliphatic heterocycles. The number of unbranched alkanes of at least 4 members (excludes halogenated alkanes) is 1. The van der Waals surface area contributed by atoms with E-state index in [2.05, 4.69) is 17.7 Å². The first-order chi connectivity index (χ1) is 21.9. The third-order valence-electron chi connectivity index (χ3n) is 7.51. The predicted octanol–water partition coefficient (Wildman–Crippen LogP) is 4.53. The molecule has 2 unspecified atom stereocenters. The Balaban J connectivity index is 2.46. The molecular formula is C36H55N5O5. The van der Waals surface area contributed by atoms with E-state index < -0.39 is 18.1 Å². The van der Waals surface area contributed by atoms with Crippen molar-refractivity contribution in [3.63, 3.8) is 0 Å². The van der Waals surface area contributed by atoms with Gasteiger partial charge in [0.2, 0.25) is 5.91 Å². The second-order valence-electron chi connectivity index (χ2n) is 12.6. The van der Waals surface area contributed by atoms with Crippen LogP contribution in [0.5, 0.6) is 0 Å². The average molecular weight is 638 g/mol. The molecule has 0 aromatic heterocycles. The van der Waals surface area contributed by atoms with E-state index in [1.54, 1.807) is 30.1 Å². The molecule has 0 heterocycles. The Labute approximate surface area is 275 Å². The van der Waals surface area contributed by atoms with Crippen LogP contribution in [0.4, 0.5) is 0 Å². The van der Waals surface area contributed by atoms with Crippen molar-refractivity contribution in [1.82, 2.24) is 25.6 Å². The summed E-state index contributed by atoms with van der Waals surface area (Å²) in [6, 6.07) is 13.4. The summed E-state index contributed by atoms with van der Waals surface area (Å²) in [6.45, 7) is 11.8. The Morgan fingerprint density at radius 2 is 1.39 bits per heavy atom. The van der Waals surface area contributed by atoms with Crippen molar-refractivity contribution in [2.45, 2.75) is 85.3 Å². The molecule has 254 valence electrons. The number of aliphatic hydroxyl groups excluding tert-OH is 1. The highest BCUT2D eigenvalue weighted by molar-refractivity contribution is 6.04. The second-order valence-corrected chi connectivity index (χ2v) is 12.6. The molecule has 0 aliphatic carbocycles. The fourth-order valence-electron chi connectivity index (χ4n) is 5.19. The van der Waals surface area contributed by atoms with Crippen LogP contribution in [0.2, 0.25) is 0 Å². The summed E-state index contributed by atoms with van der Waals surface area (Å²) in [7, 11) is 3.24. The lowest BCUT2D eigenvalue weighted by molar-refractivity contribution is -0.127. The molecule has 0 bridgehead atoms. The average Bonchev–Trinajstić information content (AvgIpc) is 3.02. The van der Waals surface area contributed by atoms with Crippen molar-refractivity contribution in [2.75, 3.05) is 40.3 Å². The summed E-state index contributed by atoms with van der Waals surface area (Å²) in [6.07, 6.45) is 2.94. The van der Waals surface area contributed by atoms with Gasteiger partial charge in [-0.2, -0.15) is 0 Å². The van der Waals surface area contributed by atoms with Gasteiger partial charge in [0.1, 0.15) is 0 Å². The fourth-order valence-corrected chi connectivity index (χ4v) is 5.19. The molecule has 4 amide bonds. The number of hydrogen-bond donors (Lipinski definition) is 3. The van der Waals surface area contributed by atoms with Crippen molar-refractivity contribution >= 4 is 23.6 Å². The maximum absolute atomic E-state index is 13.9. The highest BCUT2D eigenvalue weighted by atomic mass is 16.3. The zero-order valence-electron chi connectivity index (χ0n) is 28.8. The van der Waals surface area contributed by atoms with Gasteiger partial charge in [0, 0.05) is 63.4 Å². The number of amides is 4. The zero-order valence-corrected chi connectivity index (χ0v) is 28.8. The summed E-state index contributed by atoms with van der Waals surface area (Å²) in [5.74, 6) is -1.02. The van der Waals surface area contributed by atoms with Gasteiger partial charge in [-0.25, -0.2) is 5.01 Å². The van der Waals surface area contributed by atoms with E-state index in [-0.39, 0.29) is 46.9 Å². The molecule has 2 aromatic rings. The van der Waals surface area contributed by atoms with E-state index in [0.29, 0.717) is 32.5 Å². The highest BCUT2D eigenvalue weighted by Gasteiger charge is 2.27. The number of carbonyl (C=O) groups is 4. The van der Waals surface area contributed by atoms with Crippen molar-refractivity contribution in [1.29, 1.82) is 0 Å². The summed E-state index contributed by atoms with van der Waals surface area (Å²) in [5.41, 5.74) is 4.50. The van der Waals surface area contributed by atoms with E-state index in [4.69, 9.17) is 0 Å². The van der Waals surface area contributed by atoms with Crippen molar-refractivity contribution in [3.8, 4) is 0 Å². The van der Waals surface area contributed by atoms with E-state index in [9.17, 15) is 24.3 Å². The second kappa shape index (κ2) is 19.7. The maximum atomic E-state index is 13.9. The molecular weight excluding hydrogens is 582 g/mol. The van der Waals surface area contributed by atoms with Crippen LogP contribution in [0.1, 0.15) is 103 Å². The topological polar surface area (TPSA) is 122 Å².